The second kappa shape index (κ2) is 10.5. The first-order valence-electron chi connectivity index (χ1n) is 9.71. The molecule has 0 spiro atoms. The molecule has 0 heterocycles. The van der Waals surface area contributed by atoms with Crippen molar-refractivity contribution in [2.24, 2.45) is 0 Å². The molecule has 29 heavy (non-hydrogen) atoms. The van der Waals surface area contributed by atoms with Gasteiger partial charge in [-0.1, -0.05) is 29.8 Å². The summed E-state index contributed by atoms with van der Waals surface area (Å²) in [5, 5.41) is 2.94. The number of ether oxygens (including phenoxy) is 3. The summed E-state index contributed by atoms with van der Waals surface area (Å²) in [4.78, 5) is 25.1. The predicted molar refractivity (Wildman–Crippen MR) is 111 cm³/mol. The summed E-state index contributed by atoms with van der Waals surface area (Å²) in [6, 6.07) is 12.2. The van der Waals surface area contributed by atoms with E-state index in [0.29, 0.717) is 23.7 Å². The number of esters is 1. The van der Waals surface area contributed by atoms with E-state index in [2.05, 4.69) is 5.32 Å². The van der Waals surface area contributed by atoms with E-state index in [1.807, 2.05) is 38.1 Å². The zero-order valence-corrected chi connectivity index (χ0v) is 17.7. The first-order valence-corrected chi connectivity index (χ1v) is 9.71. The van der Waals surface area contributed by atoms with Gasteiger partial charge in [-0.05, 0) is 51.5 Å². The minimum Gasteiger partial charge on any atom is -0.493 e. The van der Waals surface area contributed by atoms with E-state index >= 15 is 0 Å². The number of rotatable bonds is 9. The van der Waals surface area contributed by atoms with Crippen LogP contribution >= 0.6 is 0 Å². The third kappa shape index (κ3) is 6.52. The van der Waals surface area contributed by atoms with Crippen molar-refractivity contribution in [2.75, 3.05) is 13.7 Å². The maximum Gasteiger partial charge on any atom is 0.308 e. The highest BCUT2D eigenvalue weighted by atomic mass is 16.5. The SMILES string of the molecule is CCOc1cc(C(=O)NC(CC(=O)OC(C)C)c2ccc(C)cc2)ccc1OC. The van der Waals surface area contributed by atoms with Gasteiger partial charge in [0.15, 0.2) is 11.5 Å². The molecule has 0 saturated heterocycles. The van der Waals surface area contributed by atoms with E-state index in [-0.39, 0.29) is 24.4 Å². The molecule has 0 aromatic heterocycles. The van der Waals surface area contributed by atoms with Gasteiger partial charge in [0.1, 0.15) is 0 Å². The van der Waals surface area contributed by atoms with Crippen LogP contribution in [0, 0.1) is 6.92 Å². The number of carbonyl (C=O) groups is 2. The Morgan fingerprint density at radius 3 is 2.31 bits per heavy atom. The fourth-order valence-electron chi connectivity index (χ4n) is 2.86. The lowest BCUT2D eigenvalue weighted by atomic mass is 10.0. The Morgan fingerprint density at radius 2 is 1.72 bits per heavy atom. The predicted octanol–water partition coefficient (Wildman–Crippen LogP) is 4.22. The fourth-order valence-corrected chi connectivity index (χ4v) is 2.86. The molecule has 0 aliphatic heterocycles. The molecule has 0 radical (unpaired) electrons. The quantitative estimate of drug-likeness (QED) is 0.639. The average Bonchev–Trinajstić information content (AvgIpc) is 2.67. The largest absolute Gasteiger partial charge is 0.493 e. The van der Waals surface area contributed by atoms with Crippen LogP contribution in [0.5, 0.6) is 11.5 Å². The Hall–Kier alpha value is -3.02. The van der Waals surface area contributed by atoms with E-state index in [1.54, 1.807) is 39.2 Å². The normalized spacial score (nSPS) is 11.7. The highest BCUT2D eigenvalue weighted by Crippen LogP contribution is 2.28. The monoisotopic (exact) mass is 399 g/mol. The molecule has 0 fully saturated rings. The van der Waals surface area contributed by atoms with E-state index in [0.717, 1.165) is 11.1 Å². The van der Waals surface area contributed by atoms with Crippen LogP contribution in [0.2, 0.25) is 0 Å². The maximum atomic E-state index is 12.9. The van der Waals surface area contributed by atoms with Gasteiger partial charge in [-0.3, -0.25) is 9.59 Å². The molecule has 0 aliphatic rings. The minimum absolute atomic E-state index is 0.0431. The number of methoxy groups -OCH3 is 1. The zero-order chi connectivity index (χ0) is 21.4. The standard InChI is InChI=1S/C23H29NO5/c1-6-28-21-13-18(11-12-20(21)27-5)23(26)24-19(14-22(25)29-15(2)3)17-9-7-16(4)8-10-17/h7-13,15,19H,6,14H2,1-5H3,(H,24,26). The lowest BCUT2D eigenvalue weighted by Gasteiger charge is -2.20. The van der Waals surface area contributed by atoms with Gasteiger partial charge in [-0.15, -0.1) is 0 Å². The first kappa shape index (κ1) is 22.3. The molecule has 2 aromatic rings. The van der Waals surface area contributed by atoms with Gasteiger partial charge in [0, 0.05) is 5.56 Å². The average molecular weight is 399 g/mol. The molecular formula is C23H29NO5. The lowest BCUT2D eigenvalue weighted by molar-refractivity contribution is -0.147. The molecule has 6 nitrogen and oxygen atoms in total. The van der Waals surface area contributed by atoms with Crippen molar-refractivity contribution in [3.8, 4) is 11.5 Å². The van der Waals surface area contributed by atoms with Crippen LogP contribution in [-0.4, -0.2) is 31.7 Å². The summed E-state index contributed by atoms with van der Waals surface area (Å²) in [5.41, 5.74) is 2.35. The van der Waals surface area contributed by atoms with Gasteiger partial charge in [0.25, 0.3) is 5.91 Å². The Kier molecular flexibility index (Phi) is 8.07. The van der Waals surface area contributed by atoms with Crippen molar-refractivity contribution in [2.45, 2.75) is 46.3 Å². The highest BCUT2D eigenvalue weighted by molar-refractivity contribution is 5.95. The Morgan fingerprint density at radius 1 is 1.03 bits per heavy atom. The minimum atomic E-state index is -0.507. The summed E-state index contributed by atoms with van der Waals surface area (Å²) in [6.45, 7) is 7.89. The van der Waals surface area contributed by atoms with Crippen LogP contribution < -0.4 is 14.8 Å². The molecule has 1 atom stereocenters. The molecule has 2 rings (SSSR count). The highest BCUT2D eigenvalue weighted by Gasteiger charge is 2.21. The van der Waals surface area contributed by atoms with Crippen molar-refractivity contribution in [1.29, 1.82) is 0 Å². The van der Waals surface area contributed by atoms with Gasteiger partial charge in [0.2, 0.25) is 0 Å². The molecule has 1 unspecified atom stereocenters. The number of amides is 1. The Bertz CT molecular complexity index is 830. The first-order chi connectivity index (χ1) is 13.8. The summed E-state index contributed by atoms with van der Waals surface area (Å²) in [7, 11) is 1.55. The van der Waals surface area contributed by atoms with Crippen LogP contribution in [0.4, 0.5) is 0 Å². The van der Waals surface area contributed by atoms with Gasteiger partial charge >= 0.3 is 5.97 Å². The van der Waals surface area contributed by atoms with Crippen molar-refractivity contribution in [1.82, 2.24) is 5.32 Å². The van der Waals surface area contributed by atoms with Crippen molar-refractivity contribution < 1.29 is 23.8 Å². The summed E-state index contributed by atoms with van der Waals surface area (Å²) < 4.78 is 16.1. The molecule has 0 saturated carbocycles. The zero-order valence-electron chi connectivity index (χ0n) is 17.7. The molecule has 1 N–H and O–H groups in total. The summed E-state index contributed by atoms with van der Waals surface area (Å²) >= 11 is 0. The second-order valence-corrected chi connectivity index (χ2v) is 6.98. The molecular weight excluding hydrogens is 370 g/mol. The molecule has 6 heteroatoms. The topological polar surface area (TPSA) is 73.9 Å². The molecule has 2 aromatic carbocycles. The Balaban J connectivity index is 2.25. The molecule has 0 bridgehead atoms. The van der Waals surface area contributed by atoms with Crippen molar-refractivity contribution in [3.05, 3.63) is 59.2 Å². The van der Waals surface area contributed by atoms with Gasteiger partial charge in [-0.25, -0.2) is 0 Å². The number of hydrogen-bond acceptors (Lipinski definition) is 5. The van der Waals surface area contributed by atoms with E-state index in [4.69, 9.17) is 14.2 Å². The van der Waals surface area contributed by atoms with Crippen LogP contribution in [-0.2, 0) is 9.53 Å². The smallest absolute Gasteiger partial charge is 0.308 e. The van der Waals surface area contributed by atoms with E-state index < -0.39 is 6.04 Å². The molecule has 156 valence electrons. The van der Waals surface area contributed by atoms with Gasteiger partial charge < -0.3 is 19.5 Å². The van der Waals surface area contributed by atoms with Crippen LogP contribution in [0.25, 0.3) is 0 Å². The molecule has 0 aliphatic carbocycles. The third-order valence-electron chi connectivity index (χ3n) is 4.25. The van der Waals surface area contributed by atoms with Gasteiger partial charge in [0.05, 0.1) is 32.3 Å². The van der Waals surface area contributed by atoms with Crippen LogP contribution in [0.15, 0.2) is 42.5 Å². The molecule has 1 amide bonds. The van der Waals surface area contributed by atoms with Crippen LogP contribution in [0.1, 0.15) is 54.7 Å². The maximum absolute atomic E-state index is 12.9. The number of benzene rings is 2. The number of carbonyl (C=O) groups excluding carboxylic acids is 2. The lowest BCUT2D eigenvalue weighted by Crippen LogP contribution is -2.31. The van der Waals surface area contributed by atoms with Crippen molar-refractivity contribution in [3.63, 3.8) is 0 Å². The fraction of sp³-hybridized carbons (Fsp3) is 0.391. The second-order valence-electron chi connectivity index (χ2n) is 6.98. The van der Waals surface area contributed by atoms with Crippen LogP contribution in [0.3, 0.4) is 0 Å². The summed E-state index contributed by atoms with van der Waals surface area (Å²) in [6.07, 6.45) is -0.172. The summed E-state index contributed by atoms with van der Waals surface area (Å²) in [5.74, 6) is 0.375. The van der Waals surface area contributed by atoms with E-state index in [1.165, 1.54) is 0 Å². The van der Waals surface area contributed by atoms with Gasteiger partial charge in [-0.2, -0.15) is 0 Å². The third-order valence-corrected chi connectivity index (χ3v) is 4.25. The number of nitrogens with one attached hydrogen (secondary N) is 1. The Labute approximate surface area is 172 Å². The number of aryl methyl sites for hydroxylation is 1. The van der Waals surface area contributed by atoms with E-state index in [9.17, 15) is 9.59 Å². The van der Waals surface area contributed by atoms with Crippen molar-refractivity contribution >= 4 is 11.9 Å². The number of hydrogen-bond donors (Lipinski definition) is 1.